The van der Waals surface area contributed by atoms with Crippen LogP contribution in [-0.2, 0) is 6.18 Å². The zero-order chi connectivity index (χ0) is 21.4. The largest absolute Gasteiger partial charge is 0.416 e. The van der Waals surface area contributed by atoms with Gasteiger partial charge in [0.2, 0.25) is 0 Å². The third-order valence-corrected chi connectivity index (χ3v) is 4.47. The van der Waals surface area contributed by atoms with Gasteiger partial charge in [0.05, 0.1) is 28.3 Å². The predicted octanol–water partition coefficient (Wildman–Crippen LogP) is 4.63. The normalized spacial score (nSPS) is 13.3. The van der Waals surface area contributed by atoms with Crippen molar-refractivity contribution in [1.29, 1.82) is 0 Å². The second-order valence-corrected chi connectivity index (χ2v) is 7.21. The molecule has 0 saturated heterocycles. The highest BCUT2D eigenvalue weighted by molar-refractivity contribution is 6.05. The summed E-state index contributed by atoms with van der Waals surface area (Å²) < 4.78 is 52.4. The summed E-state index contributed by atoms with van der Waals surface area (Å²) in [5, 5.41) is 13.5. The first kappa shape index (κ1) is 20.7. The number of fused-ring (bicyclic) bond motifs is 1. The van der Waals surface area contributed by atoms with Crippen molar-refractivity contribution in [3.63, 3.8) is 0 Å². The molecule has 0 unspecified atom stereocenters. The minimum absolute atomic E-state index is 0.0400. The Balaban J connectivity index is 1.97. The fourth-order valence-electron chi connectivity index (χ4n) is 3.07. The lowest BCUT2D eigenvalue weighted by Gasteiger charge is -2.31. The average Bonchev–Trinajstić information content (AvgIpc) is 2.63. The number of carbonyl (C=O) groups is 1. The van der Waals surface area contributed by atoms with Gasteiger partial charge < -0.3 is 10.4 Å². The van der Waals surface area contributed by atoms with E-state index in [0.29, 0.717) is 5.39 Å². The third kappa shape index (κ3) is 4.54. The first-order valence-corrected chi connectivity index (χ1v) is 8.71. The maximum Gasteiger partial charge on any atom is 0.416 e. The Kier molecular flexibility index (Phi) is 5.32. The standard InChI is InChI=1S/C21H18F4N2O2/c1-20(2,29)18(12-5-7-14(8-6-12)21(23,24)25)27-19(28)16-11-15(22)10-13-4-3-9-26-17(13)16/h3-11,18,29H,1-2H3,(H,27,28)/t18-/m1/s1. The summed E-state index contributed by atoms with van der Waals surface area (Å²) in [5.41, 5.74) is -1.85. The summed E-state index contributed by atoms with van der Waals surface area (Å²) in [6.45, 7) is 2.83. The highest BCUT2D eigenvalue weighted by atomic mass is 19.4. The van der Waals surface area contributed by atoms with E-state index in [0.717, 1.165) is 18.2 Å². The predicted molar refractivity (Wildman–Crippen MR) is 99.7 cm³/mol. The van der Waals surface area contributed by atoms with Gasteiger partial charge in [-0.3, -0.25) is 9.78 Å². The second kappa shape index (κ2) is 7.44. The number of aliphatic hydroxyl groups is 1. The molecule has 152 valence electrons. The van der Waals surface area contributed by atoms with Crippen LogP contribution in [-0.4, -0.2) is 21.6 Å². The van der Waals surface area contributed by atoms with Gasteiger partial charge in [0.15, 0.2) is 0 Å². The molecule has 0 fully saturated rings. The Labute approximate surface area is 164 Å². The highest BCUT2D eigenvalue weighted by Gasteiger charge is 2.33. The SMILES string of the molecule is CC(C)(O)[C@H](NC(=O)c1cc(F)cc2cccnc12)c1ccc(C(F)(F)F)cc1. The average molecular weight is 406 g/mol. The molecule has 4 nitrogen and oxygen atoms in total. The minimum atomic E-state index is -4.50. The monoisotopic (exact) mass is 406 g/mol. The quantitative estimate of drug-likeness (QED) is 0.621. The molecule has 1 heterocycles. The maximum absolute atomic E-state index is 13.9. The molecule has 0 spiro atoms. The lowest BCUT2D eigenvalue weighted by molar-refractivity contribution is -0.137. The minimum Gasteiger partial charge on any atom is -0.388 e. The molecule has 0 aliphatic rings. The molecule has 1 atom stereocenters. The van der Waals surface area contributed by atoms with Gasteiger partial charge in [-0.05, 0) is 49.7 Å². The fourth-order valence-corrected chi connectivity index (χ4v) is 3.07. The smallest absolute Gasteiger partial charge is 0.388 e. The van der Waals surface area contributed by atoms with Crippen LogP contribution in [0.2, 0.25) is 0 Å². The topological polar surface area (TPSA) is 62.2 Å². The zero-order valence-corrected chi connectivity index (χ0v) is 15.6. The van der Waals surface area contributed by atoms with Crippen LogP contribution >= 0.6 is 0 Å². The van der Waals surface area contributed by atoms with E-state index in [2.05, 4.69) is 10.3 Å². The number of benzene rings is 2. The number of nitrogens with one attached hydrogen (secondary N) is 1. The Morgan fingerprint density at radius 1 is 1.10 bits per heavy atom. The van der Waals surface area contributed by atoms with E-state index in [9.17, 15) is 27.5 Å². The third-order valence-electron chi connectivity index (χ3n) is 4.47. The molecule has 0 radical (unpaired) electrons. The summed E-state index contributed by atoms with van der Waals surface area (Å²) in [6.07, 6.45) is -3.04. The number of rotatable bonds is 4. The van der Waals surface area contributed by atoms with Crippen LogP contribution in [0.15, 0.2) is 54.7 Å². The molecular weight excluding hydrogens is 388 g/mol. The van der Waals surface area contributed by atoms with Gasteiger partial charge in [-0.1, -0.05) is 18.2 Å². The van der Waals surface area contributed by atoms with Crippen LogP contribution in [0.4, 0.5) is 17.6 Å². The fraction of sp³-hybridized carbons (Fsp3) is 0.238. The molecule has 2 N–H and O–H groups in total. The van der Waals surface area contributed by atoms with E-state index >= 15 is 0 Å². The maximum atomic E-state index is 13.9. The van der Waals surface area contributed by atoms with Gasteiger partial charge in [-0.2, -0.15) is 13.2 Å². The summed E-state index contributed by atoms with van der Waals surface area (Å²) >= 11 is 0. The molecule has 3 rings (SSSR count). The molecule has 2 aromatic carbocycles. The van der Waals surface area contributed by atoms with E-state index in [-0.39, 0.29) is 16.6 Å². The van der Waals surface area contributed by atoms with Gasteiger partial charge in [0.1, 0.15) is 5.82 Å². The summed E-state index contributed by atoms with van der Waals surface area (Å²) in [7, 11) is 0. The Morgan fingerprint density at radius 2 is 1.76 bits per heavy atom. The van der Waals surface area contributed by atoms with E-state index < -0.39 is 35.1 Å². The van der Waals surface area contributed by atoms with Crippen molar-refractivity contribution in [3.05, 3.63) is 77.2 Å². The second-order valence-electron chi connectivity index (χ2n) is 7.21. The molecule has 0 aliphatic heterocycles. The summed E-state index contributed by atoms with van der Waals surface area (Å²) in [4.78, 5) is 17.0. The molecule has 0 saturated carbocycles. The van der Waals surface area contributed by atoms with Gasteiger partial charge >= 0.3 is 6.18 Å². The number of hydrogen-bond acceptors (Lipinski definition) is 3. The first-order valence-electron chi connectivity index (χ1n) is 8.71. The number of alkyl halides is 3. The van der Waals surface area contributed by atoms with E-state index in [1.165, 1.54) is 38.2 Å². The highest BCUT2D eigenvalue weighted by Crippen LogP contribution is 2.32. The number of nitrogens with zero attached hydrogens (tertiary/aromatic N) is 1. The number of hydrogen-bond donors (Lipinski definition) is 2. The van der Waals surface area contributed by atoms with Crippen LogP contribution in [0.25, 0.3) is 10.9 Å². The molecule has 29 heavy (non-hydrogen) atoms. The first-order chi connectivity index (χ1) is 13.5. The van der Waals surface area contributed by atoms with Gasteiger partial charge in [0.25, 0.3) is 5.91 Å². The van der Waals surface area contributed by atoms with Gasteiger partial charge in [0, 0.05) is 11.6 Å². The van der Waals surface area contributed by atoms with Crippen LogP contribution in [0.3, 0.4) is 0 Å². The van der Waals surface area contributed by atoms with Crippen LogP contribution in [0.5, 0.6) is 0 Å². The van der Waals surface area contributed by atoms with E-state index in [4.69, 9.17) is 0 Å². The van der Waals surface area contributed by atoms with E-state index in [1.807, 2.05) is 0 Å². The molecule has 1 aromatic heterocycles. The van der Waals surface area contributed by atoms with Crippen molar-refractivity contribution in [2.45, 2.75) is 31.7 Å². The molecular formula is C21H18F4N2O2. The van der Waals surface area contributed by atoms with Crippen molar-refractivity contribution >= 4 is 16.8 Å². The molecule has 3 aromatic rings. The summed E-state index contributed by atoms with van der Waals surface area (Å²) in [6, 6.07) is 8.55. The van der Waals surface area contributed by atoms with Gasteiger partial charge in [-0.15, -0.1) is 0 Å². The Hall–Kier alpha value is -3.00. The lowest BCUT2D eigenvalue weighted by Crippen LogP contribution is -2.42. The zero-order valence-electron chi connectivity index (χ0n) is 15.6. The summed E-state index contributed by atoms with van der Waals surface area (Å²) in [5.74, 6) is -1.34. The van der Waals surface area contributed by atoms with Gasteiger partial charge in [-0.25, -0.2) is 4.39 Å². The van der Waals surface area contributed by atoms with Crippen molar-refractivity contribution < 1.29 is 27.5 Å². The molecule has 8 heteroatoms. The number of pyridine rings is 1. The number of amides is 1. The van der Waals surface area contributed by atoms with Crippen molar-refractivity contribution in [2.24, 2.45) is 0 Å². The van der Waals surface area contributed by atoms with Crippen LogP contribution in [0, 0.1) is 5.82 Å². The van der Waals surface area contributed by atoms with Crippen molar-refractivity contribution in [1.82, 2.24) is 10.3 Å². The number of halogens is 4. The number of carbonyl (C=O) groups excluding carboxylic acids is 1. The lowest BCUT2D eigenvalue weighted by atomic mass is 9.91. The Morgan fingerprint density at radius 3 is 2.34 bits per heavy atom. The number of aromatic nitrogens is 1. The van der Waals surface area contributed by atoms with Crippen molar-refractivity contribution in [3.8, 4) is 0 Å². The molecule has 0 aliphatic carbocycles. The van der Waals surface area contributed by atoms with Crippen LogP contribution in [0.1, 0.15) is 41.4 Å². The van der Waals surface area contributed by atoms with Crippen molar-refractivity contribution in [2.75, 3.05) is 0 Å². The van der Waals surface area contributed by atoms with E-state index in [1.54, 1.807) is 12.1 Å². The molecule has 1 amide bonds. The van der Waals surface area contributed by atoms with Crippen LogP contribution < -0.4 is 5.32 Å². The molecule has 0 bridgehead atoms. The Bertz CT molecular complexity index is 1040.